The second-order valence-corrected chi connectivity index (χ2v) is 3.41. The maximum absolute atomic E-state index is 13.5. The molecule has 0 aliphatic carbocycles. The van der Waals surface area contributed by atoms with Gasteiger partial charge in [0.1, 0.15) is 5.52 Å². The van der Waals surface area contributed by atoms with E-state index in [9.17, 15) is 9.18 Å². The third-order valence-corrected chi connectivity index (χ3v) is 2.15. The van der Waals surface area contributed by atoms with Crippen molar-refractivity contribution in [2.24, 2.45) is 0 Å². The quantitative estimate of drug-likeness (QED) is 0.797. The van der Waals surface area contributed by atoms with Gasteiger partial charge >= 0.3 is 5.97 Å². The van der Waals surface area contributed by atoms with E-state index < -0.39 is 11.8 Å². The molecule has 2 aromatic rings. The lowest BCUT2D eigenvalue weighted by atomic mass is 10.2. The van der Waals surface area contributed by atoms with Gasteiger partial charge in [-0.2, -0.15) is 0 Å². The van der Waals surface area contributed by atoms with Crippen molar-refractivity contribution in [1.82, 2.24) is 9.94 Å². The summed E-state index contributed by atoms with van der Waals surface area (Å²) in [6, 6.07) is 4.58. The summed E-state index contributed by atoms with van der Waals surface area (Å²) in [4.78, 5) is 17.1. The van der Waals surface area contributed by atoms with Crippen LogP contribution in [0.2, 0.25) is 0 Å². The lowest BCUT2D eigenvalue weighted by molar-refractivity contribution is -0.145. The number of para-hydroxylation sites is 1. The molecule has 0 atom stereocenters. The SMILES string of the molecule is CCCC(=O)On1ncc2cccc(F)c21. The minimum atomic E-state index is -0.459. The number of rotatable bonds is 3. The highest BCUT2D eigenvalue weighted by molar-refractivity contribution is 5.79. The average molecular weight is 222 g/mol. The number of nitrogens with zero attached hydrogens (tertiary/aromatic N) is 2. The van der Waals surface area contributed by atoms with Crippen molar-refractivity contribution in [3.63, 3.8) is 0 Å². The van der Waals surface area contributed by atoms with Crippen molar-refractivity contribution >= 4 is 16.9 Å². The number of aromatic nitrogens is 2. The molecular formula is C11H11FN2O2. The zero-order chi connectivity index (χ0) is 11.5. The van der Waals surface area contributed by atoms with E-state index in [1.54, 1.807) is 12.1 Å². The minimum Gasteiger partial charge on any atom is -0.319 e. The van der Waals surface area contributed by atoms with Gasteiger partial charge in [-0.3, -0.25) is 0 Å². The zero-order valence-corrected chi connectivity index (χ0v) is 8.81. The van der Waals surface area contributed by atoms with Crippen LogP contribution >= 0.6 is 0 Å². The second-order valence-electron chi connectivity index (χ2n) is 3.41. The molecule has 0 fully saturated rings. The Kier molecular flexibility index (Phi) is 2.85. The molecule has 1 heterocycles. The number of fused-ring (bicyclic) bond motifs is 1. The van der Waals surface area contributed by atoms with Crippen molar-refractivity contribution in [1.29, 1.82) is 0 Å². The summed E-state index contributed by atoms with van der Waals surface area (Å²) < 4.78 is 13.5. The van der Waals surface area contributed by atoms with Crippen molar-refractivity contribution in [3.8, 4) is 0 Å². The summed E-state index contributed by atoms with van der Waals surface area (Å²) in [5.41, 5.74) is 0.187. The average Bonchev–Trinajstić information content (AvgIpc) is 2.63. The first-order valence-corrected chi connectivity index (χ1v) is 5.05. The molecular weight excluding hydrogens is 211 g/mol. The molecule has 0 bridgehead atoms. The van der Waals surface area contributed by atoms with Gasteiger partial charge in [0.25, 0.3) is 0 Å². The molecule has 0 N–H and O–H groups in total. The molecule has 1 aromatic carbocycles. The Balaban J connectivity index is 2.34. The van der Waals surface area contributed by atoms with Gasteiger partial charge in [0.2, 0.25) is 0 Å². The lowest BCUT2D eigenvalue weighted by Crippen LogP contribution is -2.20. The third-order valence-electron chi connectivity index (χ3n) is 2.15. The molecule has 84 valence electrons. The van der Waals surface area contributed by atoms with Gasteiger partial charge in [-0.05, 0) is 12.5 Å². The van der Waals surface area contributed by atoms with Crippen LogP contribution in [0.1, 0.15) is 19.8 Å². The van der Waals surface area contributed by atoms with Gasteiger partial charge in [0.05, 0.1) is 6.20 Å². The molecule has 0 aliphatic heterocycles. The van der Waals surface area contributed by atoms with E-state index in [-0.39, 0.29) is 11.9 Å². The summed E-state index contributed by atoms with van der Waals surface area (Å²) in [5, 5.41) is 4.41. The fourth-order valence-electron chi connectivity index (χ4n) is 1.43. The number of hydrogen-bond donors (Lipinski definition) is 0. The van der Waals surface area contributed by atoms with E-state index in [0.717, 1.165) is 4.85 Å². The summed E-state index contributed by atoms with van der Waals surface area (Å²) in [6.07, 6.45) is 2.42. The molecule has 0 saturated carbocycles. The van der Waals surface area contributed by atoms with Crippen LogP contribution in [-0.2, 0) is 4.79 Å². The number of carbonyl (C=O) groups excluding carboxylic acids is 1. The highest BCUT2D eigenvalue weighted by Gasteiger charge is 2.11. The van der Waals surface area contributed by atoms with Crippen LogP contribution in [0.15, 0.2) is 24.4 Å². The van der Waals surface area contributed by atoms with Crippen molar-refractivity contribution in [2.75, 3.05) is 0 Å². The van der Waals surface area contributed by atoms with E-state index in [2.05, 4.69) is 5.10 Å². The van der Waals surface area contributed by atoms with Crippen LogP contribution in [0, 0.1) is 5.82 Å². The van der Waals surface area contributed by atoms with Crippen LogP contribution in [0.25, 0.3) is 10.9 Å². The fraction of sp³-hybridized carbons (Fsp3) is 0.273. The van der Waals surface area contributed by atoms with E-state index >= 15 is 0 Å². The Morgan fingerprint density at radius 3 is 3.12 bits per heavy atom. The Morgan fingerprint density at radius 1 is 1.56 bits per heavy atom. The Bertz CT molecular complexity index is 522. The molecule has 0 radical (unpaired) electrons. The highest BCUT2D eigenvalue weighted by Crippen LogP contribution is 2.16. The standard InChI is InChI=1S/C11H11FN2O2/c1-2-4-10(15)16-14-11-8(7-13-14)5-3-6-9(11)12/h3,5-7H,2,4H2,1H3. The number of halogens is 1. The lowest BCUT2D eigenvalue weighted by Gasteiger charge is -2.03. The maximum Gasteiger partial charge on any atom is 0.334 e. The van der Waals surface area contributed by atoms with Gasteiger partial charge in [-0.1, -0.05) is 23.9 Å². The Hall–Kier alpha value is -1.91. The Morgan fingerprint density at radius 2 is 2.38 bits per heavy atom. The highest BCUT2D eigenvalue weighted by atomic mass is 19.1. The number of benzene rings is 1. The molecule has 0 unspecified atom stereocenters. The van der Waals surface area contributed by atoms with Gasteiger partial charge < -0.3 is 4.84 Å². The van der Waals surface area contributed by atoms with Crippen LogP contribution < -0.4 is 4.84 Å². The molecule has 4 nitrogen and oxygen atoms in total. The first kappa shape index (κ1) is 10.6. The van der Waals surface area contributed by atoms with Gasteiger partial charge in [-0.15, -0.1) is 5.10 Å². The predicted octanol–water partition coefficient (Wildman–Crippen LogP) is 1.93. The molecule has 1 aromatic heterocycles. The first-order valence-electron chi connectivity index (χ1n) is 5.05. The maximum atomic E-state index is 13.5. The van der Waals surface area contributed by atoms with Crippen molar-refractivity contribution in [2.45, 2.75) is 19.8 Å². The topological polar surface area (TPSA) is 44.1 Å². The molecule has 0 spiro atoms. The smallest absolute Gasteiger partial charge is 0.319 e. The monoisotopic (exact) mass is 222 g/mol. The van der Waals surface area contributed by atoms with Crippen molar-refractivity contribution < 1.29 is 14.0 Å². The van der Waals surface area contributed by atoms with Crippen LogP contribution in [0.4, 0.5) is 4.39 Å². The molecule has 16 heavy (non-hydrogen) atoms. The summed E-state index contributed by atoms with van der Waals surface area (Å²) in [7, 11) is 0. The van der Waals surface area contributed by atoms with Crippen LogP contribution in [0.5, 0.6) is 0 Å². The molecule has 0 aliphatic rings. The second kappa shape index (κ2) is 4.30. The van der Waals surface area contributed by atoms with Crippen LogP contribution in [0.3, 0.4) is 0 Å². The molecule has 0 amide bonds. The number of hydrogen-bond acceptors (Lipinski definition) is 3. The largest absolute Gasteiger partial charge is 0.334 e. The first-order chi connectivity index (χ1) is 7.72. The summed E-state index contributed by atoms with van der Waals surface area (Å²) >= 11 is 0. The fourth-order valence-corrected chi connectivity index (χ4v) is 1.43. The molecule has 5 heteroatoms. The predicted molar refractivity (Wildman–Crippen MR) is 56.2 cm³/mol. The summed E-state index contributed by atoms with van der Waals surface area (Å²) in [5.74, 6) is -0.880. The van der Waals surface area contributed by atoms with E-state index in [1.165, 1.54) is 12.3 Å². The minimum absolute atomic E-state index is 0.187. The van der Waals surface area contributed by atoms with Gasteiger partial charge in [-0.25, -0.2) is 9.18 Å². The molecule has 2 rings (SSSR count). The van der Waals surface area contributed by atoms with Gasteiger partial charge in [0.15, 0.2) is 5.82 Å². The number of carbonyl (C=O) groups is 1. The van der Waals surface area contributed by atoms with Crippen molar-refractivity contribution in [3.05, 3.63) is 30.2 Å². The summed E-state index contributed by atoms with van der Waals surface area (Å²) in [6.45, 7) is 1.86. The Labute approximate surface area is 91.6 Å². The molecule has 0 saturated heterocycles. The van der Waals surface area contributed by atoms with E-state index in [1.807, 2.05) is 6.92 Å². The van der Waals surface area contributed by atoms with E-state index in [4.69, 9.17) is 4.84 Å². The third kappa shape index (κ3) is 1.88. The van der Waals surface area contributed by atoms with Crippen LogP contribution in [-0.4, -0.2) is 15.9 Å². The van der Waals surface area contributed by atoms with Gasteiger partial charge in [0, 0.05) is 11.8 Å². The normalized spacial score (nSPS) is 10.6. The van der Waals surface area contributed by atoms with E-state index in [0.29, 0.717) is 11.8 Å². The zero-order valence-electron chi connectivity index (χ0n) is 8.81.